The first-order valence-corrected chi connectivity index (χ1v) is 8.51. The summed E-state index contributed by atoms with van der Waals surface area (Å²) in [7, 11) is 0. The van der Waals surface area contributed by atoms with Crippen LogP contribution in [0.15, 0.2) is 54.6 Å². The average Bonchev–Trinajstić information content (AvgIpc) is 2.54. The van der Waals surface area contributed by atoms with Gasteiger partial charge in [-0.05, 0) is 37.5 Å². The summed E-state index contributed by atoms with van der Waals surface area (Å²) >= 11 is 0. The predicted octanol–water partition coefficient (Wildman–Crippen LogP) is 5.66. The average molecular weight is 312 g/mol. The molecule has 2 aromatic rings. The summed E-state index contributed by atoms with van der Waals surface area (Å²) in [4.78, 5) is 0. The van der Waals surface area contributed by atoms with E-state index in [1.165, 1.54) is 5.56 Å². The van der Waals surface area contributed by atoms with E-state index in [1.807, 2.05) is 24.3 Å². The smallest absolute Gasteiger partial charge is 0.118 e. The minimum Gasteiger partial charge on any atom is -0.508 e. The van der Waals surface area contributed by atoms with E-state index in [0.29, 0.717) is 12.2 Å². The molecule has 0 aliphatic heterocycles. The van der Waals surface area contributed by atoms with Gasteiger partial charge >= 0.3 is 0 Å². The van der Waals surface area contributed by atoms with E-state index in [1.54, 1.807) is 6.07 Å². The molecule has 0 aliphatic carbocycles. The first kappa shape index (κ1) is 17.6. The molecular weight excluding hydrogens is 284 g/mol. The van der Waals surface area contributed by atoms with Gasteiger partial charge in [0.1, 0.15) is 5.75 Å². The van der Waals surface area contributed by atoms with Gasteiger partial charge in [0, 0.05) is 6.42 Å². The normalized spacial score (nSPS) is 13.0. The number of aromatic hydroxyl groups is 1. The van der Waals surface area contributed by atoms with Crippen molar-refractivity contribution in [3.63, 3.8) is 0 Å². The highest BCUT2D eigenvalue weighted by atomic mass is 16.5. The molecule has 2 nitrogen and oxygen atoms in total. The number of para-hydroxylation sites is 1. The molecule has 0 heterocycles. The zero-order valence-electron chi connectivity index (χ0n) is 14.5. The van der Waals surface area contributed by atoms with Crippen LogP contribution in [0.25, 0.3) is 0 Å². The quantitative estimate of drug-likeness (QED) is 0.681. The van der Waals surface area contributed by atoms with Gasteiger partial charge in [0.15, 0.2) is 0 Å². The third-order valence-corrected chi connectivity index (χ3v) is 4.06. The van der Waals surface area contributed by atoms with Gasteiger partial charge in [-0.3, -0.25) is 0 Å². The Bertz CT molecular complexity index is 590. The molecule has 2 heteroatoms. The van der Waals surface area contributed by atoms with Crippen LogP contribution in [0.5, 0.6) is 5.75 Å². The van der Waals surface area contributed by atoms with Crippen LogP contribution in [0.4, 0.5) is 0 Å². The molecule has 0 spiro atoms. The Labute approximate surface area is 140 Å². The molecule has 0 amide bonds. The van der Waals surface area contributed by atoms with Crippen molar-refractivity contribution in [3.05, 3.63) is 65.7 Å². The molecule has 0 aromatic heterocycles. The Morgan fingerprint density at radius 2 is 1.65 bits per heavy atom. The summed E-state index contributed by atoms with van der Waals surface area (Å²) in [6.07, 6.45) is 4.11. The zero-order valence-corrected chi connectivity index (χ0v) is 14.5. The van der Waals surface area contributed by atoms with Crippen LogP contribution in [0, 0.1) is 0 Å². The summed E-state index contributed by atoms with van der Waals surface area (Å²) in [6, 6.07) is 17.9. The first-order valence-electron chi connectivity index (χ1n) is 8.51. The van der Waals surface area contributed by atoms with Crippen LogP contribution in [0.2, 0.25) is 0 Å². The number of benzene rings is 2. The minimum atomic E-state index is -0.340. The minimum absolute atomic E-state index is 0.0944. The van der Waals surface area contributed by atoms with E-state index in [4.69, 9.17) is 4.74 Å². The summed E-state index contributed by atoms with van der Waals surface area (Å²) in [5.74, 6) is 0.342. The van der Waals surface area contributed by atoms with Crippen molar-refractivity contribution in [1.82, 2.24) is 0 Å². The lowest BCUT2D eigenvalue weighted by Crippen LogP contribution is -2.29. The van der Waals surface area contributed by atoms with Crippen molar-refractivity contribution >= 4 is 0 Å². The Morgan fingerprint density at radius 1 is 1.00 bits per heavy atom. The van der Waals surface area contributed by atoms with Crippen molar-refractivity contribution < 1.29 is 9.84 Å². The number of phenols is 1. The SMILES string of the molecule is CCCCC(OC(C)(C)Cc1ccccc1O)c1ccccc1. The maximum atomic E-state index is 10.0. The number of rotatable bonds is 8. The molecule has 0 radical (unpaired) electrons. The van der Waals surface area contributed by atoms with E-state index in [0.717, 1.165) is 24.8 Å². The summed E-state index contributed by atoms with van der Waals surface area (Å²) in [5, 5.41) is 10.0. The van der Waals surface area contributed by atoms with Gasteiger partial charge < -0.3 is 9.84 Å². The van der Waals surface area contributed by atoms with Crippen molar-refractivity contribution in [3.8, 4) is 5.75 Å². The molecule has 1 N–H and O–H groups in total. The highest BCUT2D eigenvalue weighted by Gasteiger charge is 2.26. The van der Waals surface area contributed by atoms with Crippen LogP contribution in [-0.2, 0) is 11.2 Å². The number of ether oxygens (including phenoxy) is 1. The Hall–Kier alpha value is -1.80. The van der Waals surface area contributed by atoms with Crippen LogP contribution in [0.3, 0.4) is 0 Å². The Kier molecular flexibility index (Phi) is 6.23. The van der Waals surface area contributed by atoms with Crippen LogP contribution in [-0.4, -0.2) is 10.7 Å². The van der Waals surface area contributed by atoms with Crippen LogP contribution in [0.1, 0.15) is 57.3 Å². The van der Waals surface area contributed by atoms with Gasteiger partial charge in [-0.2, -0.15) is 0 Å². The molecule has 1 atom stereocenters. The fourth-order valence-electron chi connectivity index (χ4n) is 2.90. The van der Waals surface area contributed by atoms with Crippen molar-refractivity contribution in [1.29, 1.82) is 0 Å². The maximum absolute atomic E-state index is 10.0. The zero-order chi connectivity index (χ0) is 16.7. The molecule has 0 aliphatic rings. The van der Waals surface area contributed by atoms with E-state index in [9.17, 15) is 5.11 Å². The van der Waals surface area contributed by atoms with Crippen molar-refractivity contribution in [2.45, 2.75) is 58.2 Å². The Morgan fingerprint density at radius 3 is 2.30 bits per heavy atom. The maximum Gasteiger partial charge on any atom is 0.118 e. The second-order valence-corrected chi connectivity index (χ2v) is 6.72. The third-order valence-electron chi connectivity index (χ3n) is 4.06. The largest absolute Gasteiger partial charge is 0.508 e. The molecule has 23 heavy (non-hydrogen) atoms. The van der Waals surface area contributed by atoms with Gasteiger partial charge in [-0.25, -0.2) is 0 Å². The van der Waals surface area contributed by atoms with E-state index in [-0.39, 0.29) is 11.7 Å². The van der Waals surface area contributed by atoms with Gasteiger partial charge in [0.2, 0.25) is 0 Å². The lowest BCUT2D eigenvalue weighted by molar-refractivity contribution is -0.0772. The fourth-order valence-corrected chi connectivity index (χ4v) is 2.90. The Balaban J connectivity index is 2.12. The van der Waals surface area contributed by atoms with Crippen molar-refractivity contribution in [2.24, 2.45) is 0 Å². The molecule has 124 valence electrons. The number of hydrogen-bond donors (Lipinski definition) is 1. The summed E-state index contributed by atoms with van der Waals surface area (Å²) < 4.78 is 6.47. The molecule has 2 aromatic carbocycles. The monoisotopic (exact) mass is 312 g/mol. The number of phenolic OH excluding ortho intramolecular Hbond substituents is 1. The second-order valence-electron chi connectivity index (χ2n) is 6.72. The standard InChI is InChI=1S/C21H28O2/c1-4-5-15-20(17-11-7-6-8-12-17)23-21(2,3)16-18-13-9-10-14-19(18)22/h6-14,20,22H,4-5,15-16H2,1-3H3. The van der Waals surface area contributed by atoms with Gasteiger partial charge in [-0.15, -0.1) is 0 Å². The third kappa shape index (κ3) is 5.40. The van der Waals surface area contributed by atoms with Gasteiger partial charge in [0.05, 0.1) is 11.7 Å². The van der Waals surface area contributed by atoms with Crippen LogP contribution >= 0.6 is 0 Å². The first-order chi connectivity index (χ1) is 11.0. The molecule has 0 saturated heterocycles. The fraction of sp³-hybridized carbons (Fsp3) is 0.429. The summed E-state index contributed by atoms with van der Waals surface area (Å²) in [6.45, 7) is 6.40. The topological polar surface area (TPSA) is 29.5 Å². The van der Waals surface area contributed by atoms with E-state index >= 15 is 0 Å². The highest BCUT2D eigenvalue weighted by Crippen LogP contribution is 2.32. The van der Waals surface area contributed by atoms with E-state index in [2.05, 4.69) is 45.0 Å². The molecule has 1 unspecified atom stereocenters. The van der Waals surface area contributed by atoms with Crippen LogP contribution < -0.4 is 0 Å². The van der Waals surface area contributed by atoms with Gasteiger partial charge in [-0.1, -0.05) is 68.3 Å². The van der Waals surface area contributed by atoms with Gasteiger partial charge in [0.25, 0.3) is 0 Å². The molecule has 0 bridgehead atoms. The van der Waals surface area contributed by atoms with Crippen molar-refractivity contribution in [2.75, 3.05) is 0 Å². The molecule has 0 fully saturated rings. The lowest BCUT2D eigenvalue weighted by Gasteiger charge is -2.32. The molecular formula is C21H28O2. The number of unbranched alkanes of at least 4 members (excludes halogenated alkanes) is 1. The molecule has 0 saturated carbocycles. The number of hydrogen-bond acceptors (Lipinski definition) is 2. The van der Waals surface area contributed by atoms with E-state index < -0.39 is 0 Å². The second kappa shape index (κ2) is 8.16. The predicted molar refractivity (Wildman–Crippen MR) is 95.7 cm³/mol. The lowest BCUT2D eigenvalue weighted by atomic mass is 9.96. The summed E-state index contributed by atoms with van der Waals surface area (Å²) in [5.41, 5.74) is 1.82. The molecule has 2 rings (SSSR count). The highest BCUT2D eigenvalue weighted by molar-refractivity contribution is 5.32.